The second-order valence-corrected chi connectivity index (χ2v) is 3.91. The van der Waals surface area contributed by atoms with Crippen molar-refractivity contribution in [3.05, 3.63) is 23.2 Å². The third kappa shape index (κ3) is 3.67. The number of rotatable bonds is 2. The van der Waals surface area contributed by atoms with E-state index in [2.05, 4.69) is 10.6 Å². The summed E-state index contributed by atoms with van der Waals surface area (Å²) in [6.07, 6.45) is 0.372. The van der Waals surface area contributed by atoms with Gasteiger partial charge >= 0.3 is 0 Å². The molecule has 0 aliphatic heterocycles. The van der Waals surface area contributed by atoms with E-state index in [9.17, 15) is 4.79 Å². The van der Waals surface area contributed by atoms with Crippen molar-refractivity contribution < 1.29 is 4.79 Å². The van der Waals surface area contributed by atoms with Crippen molar-refractivity contribution in [2.24, 2.45) is 0 Å². The lowest BCUT2D eigenvalue weighted by Crippen LogP contribution is -2.33. The Morgan fingerprint density at radius 2 is 2.25 bits per heavy atom. The van der Waals surface area contributed by atoms with Crippen LogP contribution in [0.5, 0.6) is 0 Å². The van der Waals surface area contributed by atoms with Crippen LogP contribution >= 0.6 is 23.8 Å². The molecule has 0 aliphatic rings. The van der Waals surface area contributed by atoms with Crippen LogP contribution < -0.4 is 16.4 Å². The van der Waals surface area contributed by atoms with Gasteiger partial charge < -0.3 is 16.4 Å². The Morgan fingerprint density at radius 1 is 1.56 bits per heavy atom. The van der Waals surface area contributed by atoms with Crippen LogP contribution in [0.1, 0.15) is 13.3 Å². The summed E-state index contributed by atoms with van der Waals surface area (Å²) in [5.41, 5.74) is 6.72. The van der Waals surface area contributed by atoms with Gasteiger partial charge in [0.2, 0.25) is 5.91 Å². The van der Waals surface area contributed by atoms with E-state index in [1.807, 2.05) is 0 Å². The number of carbonyl (C=O) groups excluding carboxylic acids is 1. The van der Waals surface area contributed by atoms with Crippen LogP contribution in [-0.2, 0) is 4.79 Å². The van der Waals surface area contributed by atoms with Gasteiger partial charge in [-0.1, -0.05) is 18.5 Å². The first kappa shape index (κ1) is 12.7. The van der Waals surface area contributed by atoms with Crippen LogP contribution in [0.3, 0.4) is 0 Å². The van der Waals surface area contributed by atoms with Crippen LogP contribution in [0.25, 0.3) is 0 Å². The van der Waals surface area contributed by atoms with E-state index in [4.69, 9.17) is 29.6 Å². The highest BCUT2D eigenvalue weighted by Crippen LogP contribution is 2.23. The van der Waals surface area contributed by atoms with Gasteiger partial charge in [-0.3, -0.25) is 4.79 Å². The zero-order valence-corrected chi connectivity index (χ0v) is 10.3. The molecule has 0 fully saturated rings. The topological polar surface area (TPSA) is 67.2 Å². The molecule has 0 heterocycles. The fourth-order valence-corrected chi connectivity index (χ4v) is 1.46. The summed E-state index contributed by atoms with van der Waals surface area (Å²) in [5.74, 6) is -0.149. The molecule has 0 aliphatic carbocycles. The summed E-state index contributed by atoms with van der Waals surface area (Å²) >= 11 is 10.9. The molecule has 0 saturated heterocycles. The Bertz CT molecular complexity index is 423. The van der Waals surface area contributed by atoms with Crippen molar-refractivity contribution >= 4 is 46.2 Å². The van der Waals surface area contributed by atoms with E-state index < -0.39 is 0 Å². The van der Waals surface area contributed by atoms with E-state index in [0.29, 0.717) is 22.8 Å². The van der Waals surface area contributed by atoms with Crippen molar-refractivity contribution in [2.75, 3.05) is 11.1 Å². The minimum Gasteiger partial charge on any atom is -0.399 e. The van der Waals surface area contributed by atoms with Crippen molar-refractivity contribution in [3.8, 4) is 0 Å². The first-order chi connectivity index (χ1) is 7.52. The number of thiocarbonyl (C=S) groups is 1. The molecule has 4 nitrogen and oxygen atoms in total. The summed E-state index contributed by atoms with van der Waals surface area (Å²) in [4.78, 5) is 11.1. The second kappa shape index (κ2) is 5.67. The Hall–Kier alpha value is -1.33. The number of hydrogen-bond acceptors (Lipinski definition) is 3. The third-order valence-corrected chi connectivity index (χ3v) is 2.33. The fourth-order valence-electron chi connectivity index (χ4n) is 1.00. The molecule has 0 radical (unpaired) electrons. The third-order valence-electron chi connectivity index (χ3n) is 1.82. The van der Waals surface area contributed by atoms with Gasteiger partial charge in [-0.15, -0.1) is 0 Å². The maximum absolute atomic E-state index is 11.1. The molecule has 86 valence electrons. The van der Waals surface area contributed by atoms with Crippen LogP contribution in [0, 0.1) is 0 Å². The molecule has 0 aromatic heterocycles. The first-order valence-electron chi connectivity index (χ1n) is 4.68. The maximum atomic E-state index is 11.1. The highest BCUT2D eigenvalue weighted by atomic mass is 35.5. The number of amides is 1. The number of halogens is 1. The molecule has 6 heteroatoms. The molecule has 0 unspecified atom stereocenters. The Labute approximate surface area is 104 Å². The summed E-state index contributed by atoms with van der Waals surface area (Å²) in [5, 5.41) is 6.00. The average molecular weight is 258 g/mol. The van der Waals surface area contributed by atoms with Crippen molar-refractivity contribution in [3.63, 3.8) is 0 Å². The van der Waals surface area contributed by atoms with Crippen LogP contribution in [0.15, 0.2) is 18.2 Å². The lowest BCUT2D eigenvalue weighted by molar-refractivity contribution is -0.119. The van der Waals surface area contributed by atoms with Gasteiger partial charge in [-0.05, 0) is 30.4 Å². The van der Waals surface area contributed by atoms with Gasteiger partial charge in [0.1, 0.15) is 0 Å². The number of hydrogen-bond donors (Lipinski definition) is 3. The van der Waals surface area contributed by atoms with E-state index in [1.165, 1.54) is 0 Å². The number of nitrogens with one attached hydrogen (secondary N) is 2. The Morgan fingerprint density at radius 3 is 2.81 bits per heavy atom. The van der Waals surface area contributed by atoms with Crippen molar-refractivity contribution in [2.45, 2.75) is 13.3 Å². The molecule has 1 amide bonds. The number of anilines is 2. The predicted molar refractivity (Wildman–Crippen MR) is 70.5 cm³/mol. The maximum Gasteiger partial charge on any atom is 0.225 e. The lowest BCUT2D eigenvalue weighted by Gasteiger charge is -2.10. The summed E-state index contributed by atoms with van der Waals surface area (Å²) in [7, 11) is 0. The van der Waals surface area contributed by atoms with Gasteiger partial charge in [0.25, 0.3) is 0 Å². The van der Waals surface area contributed by atoms with Crippen molar-refractivity contribution in [1.29, 1.82) is 0 Å². The molecule has 4 N–H and O–H groups in total. The number of nitrogens with two attached hydrogens (primary N) is 1. The minimum atomic E-state index is -0.149. The smallest absolute Gasteiger partial charge is 0.225 e. The van der Waals surface area contributed by atoms with Gasteiger partial charge in [0.15, 0.2) is 5.11 Å². The van der Waals surface area contributed by atoms with Crippen molar-refractivity contribution in [1.82, 2.24) is 5.32 Å². The van der Waals surface area contributed by atoms with Crippen LogP contribution in [0.4, 0.5) is 11.4 Å². The monoisotopic (exact) mass is 257 g/mol. The van der Waals surface area contributed by atoms with E-state index >= 15 is 0 Å². The number of carbonyl (C=O) groups is 1. The molecule has 16 heavy (non-hydrogen) atoms. The van der Waals surface area contributed by atoms with E-state index in [-0.39, 0.29) is 11.0 Å². The lowest BCUT2D eigenvalue weighted by atomic mass is 10.3. The first-order valence-corrected chi connectivity index (χ1v) is 5.47. The van der Waals surface area contributed by atoms with Crippen LogP contribution in [-0.4, -0.2) is 11.0 Å². The number of nitrogen functional groups attached to an aromatic ring is 1. The molecule has 1 aromatic carbocycles. The highest BCUT2D eigenvalue weighted by Gasteiger charge is 2.05. The number of benzene rings is 1. The second-order valence-electron chi connectivity index (χ2n) is 3.10. The molecule has 0 spiro atoms. The van der Waals surface area contributed by atoms with Gasteiger partial charge in [0.05, 0.1) is 10.7 Å². The Balaban J connectivity index is 2.66. The molecule has 0 atom stereocenters. The summed E-state index contributed by atoms with van der Waals surface area (Å²) in [6.45, 7) is 1.74. The molecular weight excluding hydrogens is 246 g/mol. The molecule has 1 aromatic rings. The largest absolute Gasteiger partial charge is 0.399 e. The quantitative estimate of drug-likeness (QED) is 0.561. The zero-order chi connectivity index (χ0) is 12.1. The van der Waals surface area contributed by atoms with Gasteiger partial charge in [-0.2, -0.15) is 0 Å². The Kier molecular flexibility index (Phi) is 4.52. The molecular formula is C10H12ClN3OS. The van der Waals surface area contributed by atoms with Gasteiger partial charge in [-0.25, -0.2) is 0 Å². The minimum absolute atomic E-state index is 0.149. The normalized spacial score (nSPS) is 9.62. The fraction of sp³-hybridized carbons (Fsp3) is 0.200. The highest BCUT2D eigenvalue weighted by molar-refractivity contribution is 7.80. The zero-order valence-electron chi connectivity index (χ0n) is 8.71. The summed E-state index contributed by atoms with van der Waals surface area (Å²) in [6, 6.07) is 4.99. The summed E-state index contributed by atoms with van der Waals surface area (Å²) < 4.78 is 0. The SMILES string of the molecule is CCC(=O)NC(=S)Nc1ccc(N)cc1Cl. The molecule has 0 saturated carbocycles. The predicted octanol–water partition coefficient (Wildman–Crippen LogP) is 2.15. The van der Waals surface area contributed by atoms with Gasteiger partial charge in [0, 0.05) is 12.1 Å². The van der Waals surface area contributed by atoms with E-state index in [1.54, 1.807) is 25.1 Å². The average Bonchev–Trinajstić information content (AvgIpc) is 2.22. The molecule has 1 rings (SSSR count). The molecule has 0 bridgehead atoms. The standard InChI is InChI=1S/C10H12ClN3OS/c1-2-9(15)14-10(16)13-8-4-3-6(12)5-7(8)11/h3-5H,2,12H2,1H3,(H2,13,14,15,16). The van der Waals surface area contributed by atoms with Crippen LogP contribution in [0.2, 0.25) is 5.02 Å². The van der Waals surface area contributed by atoms with E-state index in [0.717, 1.165) is 0 Å².